The lowest BCUT2D eigenvalue weighted by Crippen LogP contribution is -2.17. The summed E-state index contributed by atoms with van der Waals surface area (Å²) in [4.78, 5) is 19.9. The van der Waals surface area contributed by atoms with Crippen molar-refractivity contribution in [2.75, 3.05) is 17.2 Å². The Morgan fingerprint density at radius 2 is 1.83 bits per heavy atom. The molecule has 0 saturated heterocycles. The van der Waals surface area contributed by atoms with Crippen LogP contribution in [0.4, 0.5) is 24.8 Å². The van der Waals surface area contributed by atoms with Crippen LogP contribution in [0.2, 0.25) is 0 Å². The number of rotatable bonds is 5. The van der Waals surface area contributed by atoms with Crippen molar-refractivity contribution in [3.8, 4) is 0 Å². The van der Waals surface area contributed by atoms with E-state index in [9.17, 15) is 18.0 Å². The van der Waals surface area contributed by atoms with E-state index in [1.165, 1.54) is 30.6 Å². The molecular weight excluding hydrogens is 309 g/mol. The molecule has 2 N–H and O–H groups in total. The highest BCUT2D eigenvalue weighted by Gasteiger charge is 2.33. The molecule has 0 aliphatic heterocycles. The zero-order valence-electron chi connectivity index (χ0n) is 12.3. The zero-order valence-corrected chi connectivity index (χ0v) is 12.3. The third kappa shape index (κ3) is 4.41. The van der Waals surface area contributed by atoms with E-state index in [4.69, 9.17) is 0 Å². The van der Waals surface area contributed by atoms with Crippen molar-refractivity contribution in [2.45, 2.75) is 19.5 Å². The van der Waals surface area contributed by atoms with Crippen LogP contribution in [0, 0.1) is 0 Å². The van der Waals surface area contributed by atoms with Crippen LogP contribution in [-0.4, -0.2) is 22.4 Å². The highest BCUT2D eigenvalue weighted by molar-refractivity contribution is 6.04. The van der Waals surface area contributed by atoms with Crippen molar-refractivity contribution in [3.05, 3.63) is 47.8 Å². The van der Waals surface area contributed by atoms with Crippen LogP contribution in [-0.2, 0) is 6.18 Å². The molecule has 0 spiro atoms. The number of carbonyl (C=O) groups is 1. The molecule has 0 aliphatic carbocycles. The Kier molecular flexibility index (Phi) is 5.15. The molecular formula is C15H15F3N4O. The van der Waals surface area contributed by atoms with Gasteiger partial charge < -0.3 is 10.6 Å². The zero-order chi connectivity index (χ0) is 16.9. The summed E-state index contributed by atoms with van der Waals surface area (Å²) in [7, 11) is 0. The first kappa shape index (κ1) is 16.7. The second-order valence-corrected chi connectivity index (χ2v) is 4.72. The summed E-state index contributed by atoms with van der Waals surface area (Å²) in [6.07, 6.45) is -1.14. The van der Waals surface area contributed by atoms with Gasteiger partial charge in [0.25, 0.3) is 5.91 Å². The lowest BCUT2D eigenvalue weighted by Gasteiger charge is -2.13. The van der Waals surface area contributed by atoms with E-state index >= 15 is 0 Å². The number of hydrogen-bond acceptors (Lipinski definition) is 4. The van der Waals surface area contributed by atoms with Crippen molar-refractivity contribution < 1.29 is 18.0 Å². The lowest BCUT2D eigenvalue weighted by molar-refractivity contribution is -0.136. The van der Waals surface area contributed by atoms with Crippen LogP contribution in [0.15, 0.2) is 36.7 Å². The minimum atomic E-state index is -4.55. The Morgan fingerprint density at radius 3 is 2.43 bits per heavy atom. The highest BCUT2D eigenvalue weighted by Crippen LogP contribution is 2.34. The molecule has 2 aromatic rings. The van der Waals surface area contributed by atoms with Crippen LogP contribution >= 0.6 is 0 Å². The minimum Gasteiger partial charge on any atom is -0.354 e. The predicted molar refractivity (Wildman–Crippen MR) is 80.2 cm³/mol. The Morgan fingerprint density at radius 1 is 1.17 bits per heavy atom. The van der Waals surface area contributed by atoms with Crippen molar-refractivity contribution in [2.24, 2.45) is 0 Å². The van der Waals surface area contributed by atoms with E-state index in [0.717, 1.165) is 12.5 Å². The maximum atomic E-state index is 12.9. The van der Waals surface area contributed by atoms with Gasteiger partial charge in [-0.2, -0.15) is 13.2 Å². The molecule has 0 unspecified atom stereocenters. The minimum absolute atomic E-state index is 0.0732. The van der Waals surface area contributed by atoms with E-state index < -0.39 is 17.6 Å². The standard InChI is InChI=1S/C15H15F3N4O/c1-2-7-19-14-20-8-10(9-21-14)13(23)22-12-6-4-3-5-11(12)15(16,17)18/h3-6,8-9H,2,7H2,1H3,(H,22,23)(H,19,20,21). The van der Waals surface area contributed by atoms with Gasteiger partial charge >= 0.3 is 6.18 Å². The molecule has 1 amide bonds. The number of benzene rings is 1. The van der Waals surface area contributed by atoms with Gasteiger partial charge in [0, 0.05) is 18.9 Å². The maximum absolute atomic E-state index is 12.9. The molecule has 122 valence electrons. The lowest BCUT2D eigenvalue weighted by atomic mass is 10.1. The van der Waals surface area contributed by atoms with Gasteiger partial charge in [0.2, 0.25) is 5.95 Å². The second kappa shape index (κ2) is 7.08. The van der Waals surface area contributed by atoms with Gasteiger partial charge in [-0.15, -0.1) is 0 Å². The molecule has 0 fully saturated rings. The normalized spacial score (nSPS) is 11.1. The summed E-state index contributed by atoms with van der Waals surface area (Å²) in [5.41, 5.74) is -1.14. The molecule has 0 radical (unpaired) electrons. The van der Waals surface area contributed by atoms with Crippen molar-refractivity contribution in [3.63, 3.8) is 0 Å². The fraction of sp³-hybridized carbons (Fsp3) is 0.267. The Bertz CT molecular complexity index is 671. The largest absolute Gasteiger partial charge is 0.418 e. The maximum Gasteiger partial charge on any atom is 0.418 e. The number of nitrogens with one attached hydrogen (secondary N) is 2. The van der Waals surface area contributed by atoms with Crippen LogP contribution in [0.25, 0.3) is 0 Å². The number of anilines is 2. The first-order chi connectivity index (χ1) is 10.9. The Balaban J connectivity index is 2.14. The molecule has 1 aromatic carbocycles. The highest BCUT2D eigenvalue weighted by atomic mass is 19.4. The third-order valence-corrected chi connectivity index (χ3v) is 2.93. The van der Waals surface area contributed by atoms with Crippen LogP contribution in [0.5, 0.6) is 0 Å². The van der Waals surface area contributed by atoms with Crippen molar-refractivity contribution in [1.82, 2.24) is 9.97 Å². The third-order valence-electron chi connectivity index (χ3n) is 2.93. The van der Waals surface area contributed by atoms with Gasteiger partial charge in [-0.3, -0.25) is 4.79 Å². The van der Waals surface area contributed by atoms with E-state index in [-0.39, 0.29) is 11.3 Å². The number of amides is 1. The van der Waals surface area contributed by atoms with E-state index in [0.29, 0.717) is 12.5 Å². The van der Waals surface area contributed by atoms with Gasteiger partial charge in [0.05, 0.1) is 16.8 Å². The van der Waals surface area contributed by atoms with Crippen molar-refractivity contribution >= 4 is 17.5 Å². The Hall–Kier alpha value is -2.64. The summed E-state index contributed by atoms with van der Waals surface area (Å²) in [6.45, 7) is 2.66. The fourth-order valence-corrected chi connectivity index (χ4v) is 1.81. The second-order valence-electron chi connectivity index (χ2n) is 4.72. The summed E-state index contributed by atoms with van der Waals surface area (Å²) in [5, 5.41) is 5.17. The number of alkyl halides is 3. The van der Waals surface area contributed by atoms with Gasteiger partial charge in [0.15, 0.2) is 0 Å². The first-order valence-electron chi connectivity index (χ1n) is 6.95. The average Bonchev–Trinajstić information content (AvgIpc) is 2.53. The summed E-state index contributed by atoms with van der Waals surface area (Å²) in [5.74, 6) is -0.345. The number of halogens is 3. The van der Waals surface area contributed by atoms with Crippen LogP contribution in [0.3, 0.4) is 0 Å². The number of hydrogen-bond donors (Lipinski definition) is 2. The molecule has 8 heteroatoms. The molecule has 0 saturated carbocycles. The van der Waals surface area contributed by atoms with E-state index in [1.807, 2.05) is 6.92 Å². The smallest absolute Gasteiger partial charge is 0.354 e. The Labute approximate surface area is 131 Å². The quantitative estimate of drug-likeness (QED) is 0.882. The summed E-state index contributed by atoms with van der Waals surface area (Å²) in [6, 6.07) is 4.78. The molecule has 5 nitrogen and oxygen atoms in total. The number of para-hydroxylation sites is 1. The van der Waals surface area contributed by atoms with Gasteiger partial charge in [-0.25, -0.2) is 9.97 Å². The molecule has 0 aliphatic rings. The molecule has 23 heavy (non-hydrogen) atoms. The van der Waals surface area contributed by atoms with Gasteiger partial charge in [-0.05, 0) is 18.6 Å². The predicted octanol–water partition coefficient (Wildman–Crippen LogP) is 3.57. The number of aromatic nitrogens is 2. The molecule has 0 bridgehead atoms. The summed E-state index contributed by atoms with van der Waals surface area (Å²) < 4.78 is 38.7. The molecule has 1 heterocycles. The van der Waals surface area contributed by atoms with E-state index in [2.05, 4.69) is 20.6 Å². The molecule has 1 aromatic heterocycles. The van der Waals surface area contributed by atoms with Crippen LogP contribution in [0.1, 0.15) is 29.3 Å². The topological polar surface area (TPSA) is 66.9 Å². The van der Waals surface area contributed by atoms with Gasteiger partial charge in [0.1, 0.15) is 0 Å². The molecule has 0 atom stereocenters. The van der Waals surface area contributed by atoms with Crippen molar-refractivity contribution in [1.29, 1.82) is 0 Å². The first-order valence-corrected chi connectivity index (χ1v) is 6.95. The SMILES string of the molecule is CCCNc1ncc(C(=O)Nc2ccccc2C(F)(F)F)cn1. The summed E-state index contributed by atoms with van der Waals surface area (Å²) >= 11 is 0. The number of carbonyl (C=O) groups excluding carboxylic acids is 1. The van der Waals surface area contributed by atoms with E-state index in [1.54, 1.807) is 0 Å². The van der Waals surface area contributed by atoms with Crippen LogP contribution < -0.4 is 10.6 Å². The average molecular weight is 324 g/mol. The monoisotopic (exact) mass is 324 g/mol. The van der Waals surface area contributed by atoms with Gasteiger partial charge in [-0.1, -0.05) is 19.1 Å². The molecule has 2 rings (SSSR count). The number of nitrogens with zero attached hydrogens (tertiary/aromatic N) is 2. The fourth-order valence-electron chi connectivity index (χ4n) is 1.81.